The Kier molecular flexibility index (Phi) is 3.50. The molecule has 2 heterocycles. The van der Waals surface area contributed by atoms with Crippen molar-refractivity contribution in [1.82, 2.24) is 4.98 Å². The molecule has 1 aromatic heterocycles. The van der Waals surface area contributed by atoms with Crippen LogP contribution in [0.15, 0.2) is 66.9 Å². The Hall–Kier alpha value is -3.14. The summed E-state index contributed by atoms with van der Waals surface area (Å²) in [4.78, 5) is 19.3. The van der Waals surface area contributed by atoms with E-state index in [1.807, 2.05) is 67.6 Å². The van der Waals surface area contributed by atoms with Crippen LogP contribution in [0.1, 0.15) is 21.5 Å². The molecule has 1 amide bonds. The Morgan fingerprint density at radius 3 is 2.67 bits per heavy atom. The number of fused-ring (bicyclic) bond motifs is 2. The maximum absolute atomic E-state index is 13.1. The van der Waals surface area contributed by atoms with Crippen LogP contribution in [0.4, 0.5) is 17.2 Å². The summed E-state index contributed by atoms with van der Waals surface area (Å²) in [6, 6.07) is 19.4. The molecule has 4 nitrogen and oxygen atoms in total. The summed E-state index contributed by atoms with van der Waals surface area (Å²) in [6.45, 7) is 2.50. The second-order valence-corrected chi connectivity index (χ2v) is 5.91. The Morgan fingerprint density at radius 1 is 1.04 bits per heavy atom. The summed E-state index contributed by atoms with van der Waals surface area (Å²) >= 11 is 0. The first-order chi connectivity index (χ1) is 11.7. The van der Waals surface area contributed by atoms with E-state index in [1.54, 1.807) is 11.1 Å². The quantitative estimate of drug-likeness (QED) is 0.728. The minimum Gasteiger partial charge on any atom is -0.338 e. The van der Waals surface area contributed by atoms with Crippen LogP contribution in [0.2, 0.25) is 0 Å². The number of carbonyl (C=O) groups is 1. The second-order valence-electron chi connectivity index (χ2n) is 5.91. The number of benzene rings is 2. The van der Waals surface area contributed by atoms with E-state index in [0.717, 1.165) is 28.3 Å². The van der Waals surface area contributed by atoms with Gasteiger partial charge in [-0.05, 0) is 37.3 Å². The van der Waals surface area contributed by atoms with Crippen molar-refractivity contribution < 1.29 is 4.79 Å². The number of hydrogen-bond acceptors (Lipinski definition) is 3. The number of anilines is 3. The van der Waals surface area contributed by atoms with Crippen LogP contribution in [-0.4, -0.2) is 10.9 Å². The van der Waals surface area contributed by atoms with E-state index in [4.69, 9.17) is 0 Å². The van der Waals surface area contributed by atoms with Crippen LogP contribution in [0, 0.1) is 6.92 Å². The molecule has 0 radical (unpaired) electrons. The van der Waals surface area contributed by atoms with Crippen LogP contribution < -0.4 is 10.2 Å². The maximum atomic E-state index is 13.1. The van der Waals surface area contributed by atoms with Crippen LogP contribution in [-0.2, 0) is 6.54 Å². The first-order valence-corrected chi connectivity index (χ1v) is 7.91. The zero-order valence-electron chi connectivity index (χ0n) is 13.4. The number of pyridine rings is 1. The van der Waals surface area contributed by atoms with Crippen molar-refractivity contribution in [2.75, 3.05) is 10.2 Å². The highest BCUT2D eigenvalue weighted by Gasteiger charge is 2.25. The van der Waals surface area contributed by atoms with Gasteiger partial charge in [-0.25, -0.2) is 4.98 Å². The molecule has 1 N–H and O–H groups in total. The van der Waals surface area contributed by atoms with Crippen LogP contribution in [0.3, 0.4) is 0 Å². The van der Waals surface area contributed by atoms with E-state index in [2.05, 4.69) is 10.3 Å². The van der Waals surface area contributed by atoms with Gasteiger partial charge >= 0.3 is 0 Å². The number of nitrogens with one attached hydrogen (secondary N) is 1. The van der Waals surface area contributed by atoms with Gasteiger partial charge < -0.3 is 10.2 Å². The van der Waals surface area contributed by atoms with Crippen molar-refractivity contribution in [3.63, 3.8) is 0 Å². The molecule has 2 aromatic carbocycles. The van der Waals surface area contributed by atoms with Gasteiger partial charge in [0.05, 0.1) is 17.9 Å². The Balaban J connectivity index is 1.81. The first-order valence-electron chi connectivity index (χ1n) is 7.91. The van der Waals surface area contributed by atoms with E-state index < -0.39 is 0 Å². The SMILES string of the molecule is Cc1ccc(C(=O)N2Cc3cccnc3Nc3ccccc32)cc1. The van der Waals surface area contributed by atoms with Gasteiger partial charge in [-0.3, -0.25) is 4.79 Å². The lowest BCUT2D eigenvalue weighted by atomic mass is 10.1. The molecule has 0 spiro atoms. The van der Waals surface area contributed by atoms with Crippen LogP contribution in [0.25, 0.3) is 0 Å². The van der Waals surface area contributed by atoms with Gasteiger partial charge in [0.1, 0.15) is 5.82 Å². The fourth-order valence-electron chi connectivity index (χ4n) is 2.91. The first kappa shape index (κ1) is 14.5. The molecular formula is C20H17N3O. The number of rotatable bonds is 1. The summed E-state index contributed by atoms with van der Waals surface area (Å²) < 4.78 is 0. The number of aromatic nitrogens is 1. The molecule has 118 valence electrons. The average Bonchev–Trinajstić information content (AvgIpc) is 2.78. The monoisotopic (exact) mass is 315 g/mol. The summed E-state index contributed by atoms with van der Waals surface area (Å²) in [7, 11) is 0. The highest BCUT2D eigenvalue weighted by Crippen LogP contribution is 2.35. The lowest BCUT2D eigenvalue weighted by Gasteiger charge is -2.22. The van der Waals surface area contributed by atoms with E-state index in [-0.39, 0.29) is 5.91 Å². The predicted molar refractivity (Wildman–Crippen MR) is 95.7 cm³/mol. The van der Waals surface area contributed by atoms with E-state index in [1.165, 1.54) is 0 Å². The summed E-state index contributed by atoms with van der Waals surface area (Å²) in [5, 5.41) is 3.34. The van der Waals surface area contributed by atoms with Gasteiger partial charge in [-0.15, -0.1) is 0 Å². The average molecular weight is 315 g/mol. The Bertz CT molecular complexity index is 903. The van der Waals surface area contributed by atoms with E-state index >= 15 is 0 Å². The highest BCUT2D eigenvalue weighted by atomic mass is 16.2. The van der Waals surface area contributed by atoms with Crippen molar-refractivity contribution in [3.8, 4) is 0 Å². The number of hydrogen-bond donors (Lipinski definition) is 1. The zero-order chi connectivity index (χ0) is 16.5. The molecule has 0 saturated carbocycles. The standard InChI is InChI=1S/C20H17N3O/c1-14-8-10-15(11-9-14)20(24)23-13-16-5-4-12-21-19(16)22-17-6-2-3-7-18(17)23/h2-12H,13H2,1H3,(H,21,22). The van der Waals surface area contributed by atoms with Gasteiger partial charge in [0.15, 0.2) is 0 Å². The fourth-order valence-corrected chi connectivity index (χ4v) is 2.91. The van der Waals surface area contributed by atoms with Crippen molar-refractivity contribution in [3.05, 3.63) is 83.6 Å². The van der Waals surface area contributed by atoms with Gasteiger partial charge in [0.25, 0.3) is 5.91 Å². The molecule has 1 aliphatic rings. The number of para-hydroxylation sites is 2. The molecule has 1 aliphatic heterocycles. The van der Waals surface area contributed by atoms with Crippen molar-refractivity contribution in [2.45, 2.75) is 13.5 Å². The zero-order valence-corrected chi connectivity index (χ0v) is 13.4. The number of carbonyl (C=O) groups excluding carboxylic acids is 1. The summed E-state index contributed by atoms with van der Waals surface area (Å²) in [6.07, 6.45) is 1.76. The smallest absolute Gasteiger partial charge is 0.258 e. The molecule has 0 fully saturated rings. The Morgan fingerprint density at radius 2 is 1.83 bits per heavy atom. The van der Waals surface area contributed by atoms with Crippen molar-refractivity contribution in [1.29, 1.82) is 0 Å². The number of nitrogens with zero attached hydrogens (tertiary/aromatic N) is 2. The molecule has 0 saturated heterocycles. The maximum Gasteiger partial charge on any atom is 0.258 e. The third kappa shape index (κ3) is 2.52. The molecule has 4 heteroatoms. The van der Waals surface area contributed by atoms with Crippen LogP contribution >= 0.6 is 0 Å². The fraction of sp³-hybridized carbons (Fsp3) is 0.100. The van der Waals surface area contributed by atoms with Gasteiger partial charge in [-0.1, -0.05) is 35.9 Å². The summed E-state index contributed by atoms with van der Waals surface area (Å²) in [5.41, 5.74) is 4.56. The van der Waals surface area contributed by atoms with Crippen LogP contribution in [0.5, 0.6) is 0 Å². The van der Waals surface area contributed by atoms with E-state index in [9.17, 15) is 4.79 Å². The minimum absolute atomic E-state index is 0.0130. The van der Waals surface area contributed by atoms with E-state index in [0.29, 0.717) is 12.1 Å². The predicted octanol–water partition coefficient (Wildman–Crippen LogP) is 4.29. The topological polar surface area (TPSA) is 45.2 Å². The van der Waals surface area contributed by atoms with Gasteiger partial charge in [0.2, 0.25) is 0 Å². The third-order valence-electron chi connectivity index (χ3n) is 4.21. The molecule has 0 atom stereocenters. The third-order valence-corrected chi connectivity index (χ3v) is 4.21. The lowest BCUT2D eigenvalue weighted by molar-refractivity contribution is 0.0985. The number of aryl methyl sites for hydroxylation is 1. The van der Waals surface area contributed by atoms with Gasteiger partial charge in [-0.2, -0.15) is 0 Å². The molecular weight excluding hydrogens is 298 g/mol. The largest absolute Gasteiger partial charge is 0.338 e. The highest BCUT2D eigenvalue weighted by molar-refractivity contribution is 6.08. The summed E-state index contributed by atoms with van der Waals surface area (Å²) in [5.74, 6) is 0.783. The normalized spacial score (nSPS) is 12.6. The Labute approximate surface area is 140 Å². The lowest BCUT2D eigenvalue weighted by Crippen LogP contribution is -2.30. The molecule has 24 heavy (non-hydrogen) atoms. The number of amides is 1. The molecule has 0 unspecified atom stereocenters. The molecule has 3 aromatic rings. The molecule has 0 bridgehead atoms. The molecule has 0 aliphatic carbocycles. The second kappa shape index (κ2) is 5.81. The van der Waals surface area contributed by atoms with Gasteiger partial charge in [0, 0.05) is 17.3 Å². The molecule has 4 rings (SSSR count). The van der Waals surface area contributed by atoms with Crippen molar-refractivity contribution in [2.24, 2.45) is 0 Å². The van der Waals surface area contributed by atoms with Crippen molar-refractivity contribution >= 4 is 23.1 Å². The minimum atomic E-state index is -0.0130.